The van der Waals surface area contributed by atoms with Crippen LogP contribution in [0.5, 0.6) is 0 Å². The van der Waals surface area contributed by atoms with Crippen molar-refractivity contribution >= 4 is 16.9 Å². The first-order valence-corrected chi connectivity index (χ1v) is 8.91. The third-order valence-corrected chi connectivity index (χ3v) is 6.32. The molecule has 3 heteroatoms. The zero-order chi connectivity index (χ0) is 15.6. The molecule has 1 amide bonds. The van der Waals surface area contributed by atoms with Crippen LogP contribution in [-0.4, -0.2) is 11.4 Å². The van der Waals surface area contributed by atoms with Crippen molar-refractivity contribution in [1.29, 1.82) is 0 Å². The molecule has 120 valence electrons. The van der Waals surface area contributed by atoms with Gasteiger partial charge < -0.3 is 9.73 Å². The van der Waals surface area contributed by atoms with Crippen LogP contribution in [0, 0.1) is 24.7 Å². The Labute approximate surface area is 136 Å². The zero-order valence-electron chi connectivity index (χ0n) is 13.6. The average molecular weight is 309 g/mol. The van der Waals surface area contributed by atoms with Crippen LogP contribution in [0.15, 0.2) is 28.7 Å². The Morgan fingerprint density at radius 2 is 1.74 bits per heavy atom. The maximum atomic E-state index is 12.8. The summed E-state index contributed by atoms with van der Waals surface area (Å²) in [6.07, 6.45) is 7.68. The number of hydrogen-bond donors (Lipinski definition) is 1. The Bertz CT molecular complexity index is 753. The van der Waals surface area contributed by atoms with Crippen LogP contribution in [-0.2, 0) is 0 Å². The molecule has 4 aliphatic rings. The van der Waals surface area contributed by atoms with E-state index in [0.29, 0.717) is 5.76 Å². The minimum atomic E-state index is -0.0270. The molecular weight excluding hydrogens is 286 g/mol. The number of carbonyl (C=O) groups excluding carboxylic acids is 1. The summed E-state index contributed by atoms with van der Waals surface area (Å²) >= 11 is 0. The number of hydrogen-bond acceptors (Lipinski definition) is 2. The Morgan fingerprint density at radius 1 is 1.09 bits per heavy atom. The van der Waals surface area contributed by atoms with Crippen LogP contribution in [0.1, 0.15) is 54.6 Å². The van der Waals surface area contributed by atoms with Gasteiger partial charge in [0.05, 0.1) is 0 Å². The van der Waals surface area contributed by atoms with E-state index >= 15 is 0 Å². The summed E-state index contributed by atoms with van der Waals surface area (Å²) in [6, 6.07) is 7.95. The van der Waals surface area contributed by atoms with Crippen LogP contribution in [0.4, 0.5) is 0 Å². The molecule has 1 N–H and O–H groups in total. The lowest BCUT2D eigenvalue weighted by atomic mass is 9.53. The molecule has 4 bridgehead atoms. The summed E-state index contributed by atoms with van der Waals surface area (Å²) in [5.74, 6) is 2.93. The van der Waals surface area contributed by atoms with Crippen molar-refractivity contribution in [3.8, 4) is 0 Å². The van der Waals surface area contributed by atoms with Crippen LogP contribution in [0.3, 0.4) is 0 Å². The van der Waals surface area contributed by atoms with E-state index < -0.39 is 0 Å². The molecule has 1 heterocycles. The molecule has 0 saturated heterocycles. The molecule has 6 rings (SSSR count). The second-order valence-corrected chi connectivity index (χ2v) is 8.30. The van der Waals surface area contributed by atoms with E-state index in [1.54, 1.807) is 0 Å². The standard InChI is InChI=1S/C20H23NO2/c1-12-2-3-16-8-18(23-17(16)4-12)19(22)21-20-9-13-5-14(10-20)7-15(6-13)11-20/h2-4,8,13-15H,5-7,9-11H2,1H3,(H,21,22). The lowest BCUT2D eigenvalue weighted by molar-refractivity contribution is -0.0171. The van der Waals surface area contributed by atoms with E-state index in [4.69, 9.17) is 4.42 Å². The van der Waals surface area contributed by atoms with Gasteiger partial charge in [-0.1, -0.05) is 12.1 Å². The molecule has 2 aromatic rings. The number of nitrogens with one attached hydrogen (secondary N) is 1. The fraction of sp³-hybridized carbons (Fsp3) is 0.550. The highest BCUT2D eigenvalue weighted by Crippen LogP contribution is 2.55. The van der Waals surface area contributed by atoms with Gasteiger partial charge in [0, 0.05) is 10.9 Å². The maximum absolute atomic E-state index is 12.8. The Morgan fingerprint density at radius 3 is 2.39 bits per heavy atom. The fourth-order valence-corrected chi connectivity index (χ4v) is 5.82. The van der Waals surface area contributed by atoms with Gasteiger partial charge in [-0.3, -0.25) is 4.79 Å². The van der Waals surface area contributed by atoms with Crippen LogP contribution >= 0.6 is 0 Å². The molecule has 0 unspecified atom stereocenters. The van der Waals surface area contributed by atoms with Gasteiger partial charge in [-0.15, -0.1) is 0 Å². The van der Waals surface area contributed by atoms with Crippen LogP contribution < -0.4 is 5.32 Å². The van der Waals surface area contributed by atoms with Gasteiger partial charge >= 0.3 is 0 Å². The highest BCUT2D eigenvalue weighted by molar-refractivity contribution is 5.96. The Balaban J connectivity index is 1.42. The lowest BCUT2D eigenvalue weighted by Crippen LogP contribution is -2.59. The summed E-state index contributed by atoms with van der Waals surface area (Å²) in [5.41, 5.74) is 2.00. The summed E-state index contributed by atoms with van der Waals surface area (Å²) < 4.78 is 5.81. The average Bonchev–Trinajstić information content (AvgIpc) is 2.88. The van der Waals surface area contributed by atoms with E-state index in [0.717, 1.165) is 34.3 Å². The second-order valence-electron chi connectivity index (χ2n) is 8.30. The normalized spacial score (nSPS) is 34.9. The highest BCUT2D eigenvalue weighted by atomic mass is 16.3. The van der Waals surface area contributed by atoms with Gasteiger partial charge in [0.25, 0.3) is 5.91 Å². The Hall–Kier alpha value is -1.77. The van der Waals surface area contributed by atoms with Crippen molar-refractivity contribution < 1.29 is 9.21 Å². The molecule has 0 radical (unpaired) electrons. The summed E-state index contributed by atoms with van der Waals surface area (Å²) in [6.45, 7) is 2.04. The van der Waals surface area contributed by atoms with E-state index in [9.17, 15) is 4.79 Å². The van der Waals surface area contributed by atoms with Gasteiger partial charge in [-0.25, -0.2) is 0 Å². The molecule has 0 spiro atoms. The molecule has 1 aromatic heterocycles. The van der Waals surface area contributed by atoms with E-state index in [1.165, 1.54) is 38.5 Å². The van der Waals surface area contributed by atoms with E-state index in [2.05, 4.69) is 11.4 Å². The van der Waals surface area contributed by atoms with Crippen LogP contribution in [0.25, 0.3) is 11.0 Å². The molecule has 4 fully saturated rings. The predicted octanol–water partition coefficient (Wildman–Crippen LogP) is 4.44. The number of furan rings is 1. The quantitative estimate of drug-likeness (QED) is 0.891. The summed E-state index contributed by atoms with van der Waals surface area (Å²) in [5, 5.41) is 4.39. The fourth-order valence-electron chi connectivity index (χ4n) is 5.82. The van der Waals surface area contributed by atoms with Crippen molar-refractivity contribution in [2.24, 2.45) is 17.8 Å². The molecule has 0 atom stereocenters. The van der Waals surface area contributed by atoms with Gasteiger partial charge in [0.2, 0.25) is 0 Å². The highest BCUT2D eigenvalue weighted by Gasteiger charge is 2.51. The van der Waals surface area contributed by atoms with Crippen molar-refractivity contribution in [2.45, 2.75) is 51.0 Å². The number of aryl methyl sites for hydroxylation is 1. The molecular formula is C20H23NO2. The summed E-state index contributed by atoms with van der Waals surface area (Å²) in [4.78, 5) is 12.8. The maximum Gasteiger partial charge on any atom is 0.287 e. The number of amides is 1. The number of rotatable bonds is 2. The molecule has 1 aromatic carbocycles. The molecule has 0 aliphatic heterocycles. The third kappa shape index (κ3) is 2.20. The minimum Gasteiger partial charge on any atom is -0.451 e. The van der Waals surface area contributed by atoms with Gasteiger partial charge in [0.15, 0.2) is 5.76 Å². The largest absolute Gasteiger partial charge is 0.451 e. The zero-order valence-corrected chi connectivity index (χ0v) is 13.6. The van der Waals surface area contributed by atoms with Crippen LogP contribution in [0.2, 0.25) is 0 Å². The minimum absolute atomic E-state index is 0.0270. The first kappa shape index (κ1) is 13.6. The van der Waals surface area contributed by atoms with Gasteiger partial charge in [-0.05, 0) is 80.9 Å². The second kappa shape index (κ2) is 4.62. The number of benzene rings is 1. The smallest absolute Gasteiger partial charge is 0.287 e. The van der Waals surface area contributed by atoms with E-state index in [-0.39, 0.29) is 11.4 Å². The number of carbonyl (C=O) groups is 1. The lowest BCUT2D eigenvalue weighted by Gasteiger charge is -2.56. The molecule has 23 heavy (non-hydrogen) atoms. The van der Waals surface area contributed by atoms with Crippen molar-refractivity contribution in [3.63, 3.8) is 0 Å². The monoisotopic (exact) mass is 309 g/mol. The topological polar surface area (TPSA) is 42.2 Å². The van der Waals surface area contributed by atoms with Gasteiger partial charge in [0.1, 0.15) is 5.58 Å². The molecule has 4 saturated carbocycles. The van der Waals surface area contributed by atoms with Crippen molar-refractivity contribution in [3.05, 3.63) is 35.6 Å². The van der Waals surface area contributed by atoms with Gasteiger partial charge in [-0.2, -0.15) is 0 Å². The first-order valence-electron chi connectivity index (χ1n) is 8.91. The first-order chi connectivity index (χ1) is 11.1. The Kier molecular flexibility index (Phi) is 2.74. The van der Waals surface area contributed by atoms with Crippen molar-refractivity contribution in [2.75, 3.05) is 0 Å². The number of fused-ring (bicyclic) bond motifs is 1. The summed E-state index contributed by atoms with van der Waals surface area (Å²) in [7, 11) is 0. The predicted molar refractivity (Wildman–Crippen MR) is 89.3 cm³/mol. The SMILES string of the molecule is Cc1ccc2cc(C(=O)NC34CC5CC(CC(C5)C3)C4)oc2c1. The van der Waals surface area contributed by atoms with Crippen molar-refractivity contribution in [1.82, 2.24) is 5.32 Å². The van der Waals surface area contributed by atoms with E-state index in [1.807, 2.05) is 25.1 Å². The third-order valence-electron chi connectivity index (χ3n) is 6.32. The molecule has 4 aliphatic carbocycles. The molecule has 3 nitrogen and oxygen atoms in total.